The Bertz CT molecular complexity index is 964. The van der Waals surface area contributed by atoms with E-state index in [2.05, 4.69) is 22.1 Å². The number of anilines is 1. The molecular weight excluding hydrogens is 331 g/mol. The van der Waals surface area contributed by atoms with Crippen LogP contribution in [0.4, 0.5) is 10.1 Å². The van der Waals surface area contributed by atoms with Crippen LogP contribution in [0.1, 0.15) is 22.1 Å². The van der Waals surface area contributed by atoms with Gasteiger partial charge in [0.25, 0.3) is 5.91 Å². The van der Waals surface area contributed by atoms with Crippen LogP contribution < -0.4 is 5.32 Å². The Kier molecular flexibility index (Phi) is 4.01. The molecule has 2 aromatic carbocycles. The van der Waals surface area contributed by atoms with Gasteiger partial charge in [0.05, 0.1) is 17.5 Å². The first-order valence-corrected chi connectivity index (χ1v) is 8.25. The molecule has 0 fully saturated rings. The van der Waals surface area contributed by atoms with Gasteiger partial charge in [-0.3, -0.25) is 9.89 Å². The minimum atomic E-state index is -0.408. The third-order valence-electron chi connectivity index (χ3n) is 4.44. The molecule has 1 aliphatic heterocycles. The van der Waals surface area contributed by atoms with Crippen LogP contribution >= 0.6 is 0 Å². The molecule has 0 radical (unpaired) electrons. The lowest BCUT2D eigenvalue weighted by Gasteiger charge is -2.37. The van der Waals surface area contributed by atoms with E-state index in [4.69, 9.17) is 0 Å². The maximum atomic E-state index is 13.3. The second-order valence-electron chi connectivity index (χ2n) is 6.05. The summed E-state index contributed by atoms with van der Waals surface area (Å²) in [6, 6.07) is 13.6. The molecule has 2 N–H and O–H groups in total. The molecule has 1 amide bonds. The Morgan fingerprint density at radius 2 is 1.96 bits per heavy atom. The summed E-state index contributed by atoms with van der Waals surface area (Å²) in [5.74, 6) is -0.376. The highest BCUT2D eigenvalue weighted by Gasteiger charge is 2.34. The van der Waals surface area contributed by atoms with E-state index in [0.717, 1.165) is 22.5 Å². The molecule has 3 aromatic rings. The van der Waals surface area contributed by atoms with Crippen molar-refractivity contribution in [2.75, 3.05) is 11.9 Å². The number of aromatic amines is 1. The van der Waals surface area contributed by atoms with Crippen molar-refractivity contribution in [1.82, 2.24) is 15.1 Å². The number of nitrogens with one attached hydrogen (secondary N) is 2. The first-order valence-electron chi connectivity index (χ1n) is 8.25. The van der Waals surface area contributed by atoms with Crippen molar-refractivity contribution in [3.63, 3.8) is 0 Å². The first-order chi connectivity index (χ1) is 12.7. The average Bonchev–Trinajstić information content (AvgIpc) is 3.14. The van der Waals surface area contributed by atoms with Gasteiger partial charge < -0.3 is 10.2 Å². The van der Waals surface area contributed by atoms with E-state index in [-0.39, 0.29) is 11.7 Å². The van der Waals surface area contributed by atoms with Gasteiger partial charge in [-0.05, 0) is 36.4 Å². The number of amides is 1. The zero-order valence-electron chi connectivity index (χ0n) is 13.9. The molecule has 5 nitrogen and oxygen atoms in total. The normalized spacial score (nSPS) is 16.1. The monoisotopic (exact) mass is 348 g/mol. The highest BCUT2D eigenvalue weighted by molar-refractivity contribution is 6.02. The lowest BCUT2D eigenvalue weighted by Crippen LogP contribution is -2.43. The number of carbonyl (C=O) groups is 1. The van der Waals surface area contributed by atoms with E-state index in [1.54, 1.807) is 35.4 Å². The fourth-order valence-corrected chi connectivity index (χ4v) is 3.22. The van der Waals surface area contributed by atoms with Crippen molar-refractivity contribution >= 4 is 11.6 Å². The van der Waals surface area contributed by atoms with Crippen LogP contribution in [0.3, 0.4) is 0 Å². The van der Waals surface area contributed by atoms with Crippen LogP contribution in [-0.4, -0.2) is 27.5 Å². The maximum Gasteiger partial charge on any atom is 0.258 e. The summed E-state index contributed by atoms with van der Waals surface area (Å²) >= 11 is 0. The minimum Gasteiger partial charge on any atom is -0.361 e. The van der Waals surface area contributed by atoms with Gasteiger partial charge >= 0.3 is 0 Å². The van der Waals surface area contributed by atoms with Gasteiger partial charge in [-0.1, -0.05) is 18.2 Å². The third-order valence-corrected chi connectivity index (χ3v) is 4.44. The molecule has 4 rings (SSSR count). The van der Waals surface area contributed by atoms with E-state index in [1.165, 1.54) is 12.1 Å². The van der Waals surface area contributed by atoms with E-state index in [9.17, 15) is 9.18 Å². The number of carbonyl (C=O) groups excluding carboxylic acids is 1. The molecule has 26 heavy (non-hydrogen) atoms. The molecule has 130 valence electrons. The zero-order chi connectivity index (χ0) is 18.1. The Morgan fingerprint density at radius 3 is 2.73 bits per heavy atom. The van der Waals surface area contributed by atoms with E-state index in [1.807, 2.05) is 18.2 Å². The van der Waals surface area contributed by atoms with Crippen molar-refractivity contribution in [2.24, 2.45) is 0 Å². The number of para-hydroxylation sites is 1. The Balaban J connectivity index is 1.79. The molecule has 0 spiro atoms. The second kappa shape index (κ2) is 6.48. The summed E-state index contributed by atoms with van der Waals surface area (Å²) < 4.78 is 13.3. The first kappa shape index (κ1) is 16.1. The van der Waals surface area contributed by atoms with Crippen LogP contribution in [0.15, 0.2) is 67.4 Å². The predicted molar refractivity (Wildman–Crippen MR) is 98.0 cm³/mol. The topological polar surface area (TPSA) is 61.0 Å². The number of aromatic nitrogens is 2. The van der Waals surface area contributed by atoms with Gasteiger partial charge in [-0.15, -0.1) is 6.58 Å². The second-order valence-corrected chi connectivity index (χ2v) is 6.05. The lowest BCUT2D eigenvalue weighted by molar-refractivity contribution is 0.0708. The molecular formula is C20H17FN4O. The summed E-state index contributed by atoms with van der Waals surface area (Å²) in [5.41, 5.74) is 3.74. The number of hydrogen-bond acceptors (Lipinski definition) is 3. The molecule has 0 unspecified atom stereocenters. The lowest BCUT2D eigenvalue weighted by atomic mass is 10.0. The summed E-state index contributed by atoms with van der Waals surface area (Å²) in [6.45, 7) is 4.15. The number of benzene rings is 2. The van der Waals surface area contributed by atoms with E-state index >= 15 is 0 Å². The smallest absolute Gasteiger partial charge is 0.258 e. The van der Waals surface area contributed by atoms with Gasteiger partial charge in [0.1, 0.15) is 12.0 Å². The SMILES string of the molecule is C=CCN1C(=O)c2ccccc2N[C@@H]1c1cn[nH]c1-c1ccc(F)cc1. The largest absolute Gasteiger partial charge is 0.361 e. The van der Waals surface area contributed by atoms with Crippen LogP contribution in [0.25, 0.3) is 11.3 Å². The fraction of sp³-hybridized carbons (Fsp3) is 0.100. The van der Waals surface area contributed by atoms with E-state index in [0.29, 0.717) is 12.1 Å². The van der Waals surface area contributed by atoms with Crippen LogP contribution in [0, 0.1) is 5.82 Å². The van der Waals surface area contributed by atoms with Gasteiger partial charge in [0.15, 0.2) is 0 Å². The van der Waals surface area contributed by atoms with Crippen LogP contribution in [-0.2, 0) is 0 Å². The molecule has 0 saturated carbocycles. The Morgan fingerprint density at radius 1 is 1.19 bits per heavy atom. The Labute approximate surface area is 150 Å². The fourth-order valence-electron chi connectivity index (χ4n) is 3.22. The van der Waals surface area contributed by atoms with Crippen molar-refractivity contribution in [1.29, 1.82) is 0 Å². The number of nitrogens with zero attached hydrogens (tertiary/aromatic N) is 2. The number of halogens is 1. The zero-order valence-corrected chi connectivity index (χ0v) is 13.9. The minimum absolute atomic E-state index is 0.0736. The van der Waals surface area contributed by atoms with Gasteiger partial charge in [-0.25, -0.2) is 4.39 Å². The van der Waals surface area contributed by atoms with Gasteiger partial charge in [0, 0.05) is 23.4 Å². The van der Waals surface area contributed by atoms with Gasteiger partial charge in [0.2, 0.25) is 0 Å². The average molecular weight is 348 g/mol. The highest BCUT2D eigenvalue weighted by atomic mass is 19.1. The predicted octanol–water partition coefficient (Wildman–Crippen LogP) is 3.97. The van der Waals surface area contributed by atoms with Crippen molar-refractivity contribution in [2.45, 2.75) is 6.17 Å². The molecule has 2 heterocycles. The molecule has 6 heteroatoms. The molecule has 1 atom stereocenters. The van der Waals surface area contributed by atoms with Crippen LogP contribution in [0.2, 0.25) is 0 Å². The van der Waals surface area contributed by atoms with Crippen molar-refractivity contribution < 1.29 is 9.18 Å². The molecule has 0 aliphatic carbocycles. The third kappa shape index (κ3) is 2.65. The summed E-state index contributed by atoms with van der Waals surface area (Å²) in [6.07, 6.45) is 2.97. The number of fused-ring (bicyclic) bond motifs is 1. The van der Waals surface area contributed by atoms with Crippen molar-refractivity contribution in [3.05, 3.63) is 84.3 Å². The standard InChI is InChI=1S/C20H17FN4O/c1-2-11-25-19(23-17-6-4-3-5-15(17)20(25)26)16-12-22-24-18(16)13-7-9-14(21)10-8-13/h2-10,12,19,23H,1,11H2,(H,22,24)/t19-/m0/s1. The van der Waals surface area contributed by atoms with E-state index < -0.39 is 6.17 Å². The molecule has 0 bridgehead atoms. The summed E-state index contributed by atoms with van der Waals surface area (Å²) in [5, 5.41) is 10.5. The number of rotatable bonds is 4. The molecule has 1 aliphatic rings. The number of hydrogen-bond donors (Lipinski definition) is 2. The van der Waals surface area contributed by atoms with Crippen molar-refractivity contribution in [3.8, 4) is 11.3 Å². The maximum absolute atomic E-state index is 13.3. The summed E-state index contributed by atoms with van der Waals surface area (Å²) in [4.78, 5) is 14.7. The molecule has 1 aromatic heterocycles. The quantitative estimate of drug-likeness (QED) is 0.702. The molecule has 0 saturated heterocycles. The number of H-pyrrole nitrogens is 1. The van der Waals surface area contributed by atoms with Crippen LogP contribution in [0.5, 0.6) is 0 Å². The highest BCUT2D eigenvalue weighted by Crippen LogP contribution is 2.36. The Hall–Kier alpha value is -3.41. The van der Waals surface area contributed by atoms with Gasteiger partial charge in [-0.2, -0.15) is 5.10 Å². The summed E-state index contributed by atoms with van der Waals surface area (Å²) in [7, 11) is 0.